The van der Waals surface area contributed by atoms with Crippen molar-refractivity contribution in [3.63, 3.8) is 0 Å². The number of urea groups is 1. The number of aryl methyl sites for hydroxylation is 1. The highest BCUT2D eigenvalue weighted by Crippen LogP contribution is 2.13. The number of nitrogens with one attached hydrogen (secondary N) is 2. The lowest BCUT2D eigenvalue weighted by atomic mass is 9.94. The van der Waals surface area contributed by atoms with E-state index in [2.05, 4.69) is 41.8 Å². The summed E-state index contributed by atoms with van der Waals surface area (Å²) < 4.78 is 0. The van der Waals surface area contributed by atoms with E-state index in [1.165, 1.54) is 11.1 Å². The van der Waals surface area contributed by atoms with Crippen molar-refractivity contribution in [2.45, 2.75) is 39.3 Å². The standard InChI is InChI=1S/C19H24N2O/c1-15-9-11-16(12-10-15)13-19(2,3)21-18(22)20-14-17-7-5-4-6-8-17/h4-12H,13-14H2,1-3H3,(H2,20,21,22). The molecular formula is C19H24N2O. The molecule has 2 amide bonds. The molecule has 0 heterocycles. The molecule has 0 radical (unpaired) electrons. The highest BCUT2D eigenvalue weighted by molar-refractivity contribution is 5.74. The van der Waals surface area contributed by atoms with Crippen LogP contribution in [0.5, 0.6) is 0 Å². The fourth-order valence-corrected chi connectivity index (χ4v) is 2.39. The third-order valence-electron chi connectivity index (χ3n) is 3.51. The van der Waals surface area contributed by atoms with Gasteiger partial charge in [0.2, 0.25) is 0 Å². The number of rotatable bonds is 5. The van der Waals surface area contributed by atoms with Crippen LogP contribution in [0.3, 0.4) is 0 Å². The summed E-state index contributed by atoms with van der Waals surface area (Å²) in [6, 6.07) is 18.2. The number of benzene rings is 2. The van der Waals surface area contributed by atoms with Gasteiger partial charge in [-0.25, -0.2) is 4.79 Å². The first kappa shape index (κ1) is 16.1. The van der Waals surface area contributed by atoms with Crippen LogP contribution >= 0.6 is 0 Å². The van der Waals surface area contributed by atoms with Gasteiger partial charge in [-0.1, -0.05) is 60.2 Å². The summed E-state index contributed by atoms with van der Waals surface area (Å²) in [5, 5.41) is 5.94. The van der Waals surface area contributed by atoms with Crippen molar-refractivity contribution in [1.82, 2.24) is 10.6 Å². The molecule has 2 N–H and O–H groups in total. The zero-order valence-electron chi connectivity index (χ0n) is 13.5. The first-order valence-electron chi connectivity index (χ1n) is 7.60. The van der Waals surface area contributed by atoms with Crippen molar-refractivity contribution in [3.05, 3.63) is 71.3 Å². The Morgan fingerprint density at radius 1 is 0.955 bits per heavy atom. The molecule has 2 aromatic rings. The predicted octanol–water partition coefficient (Wildman–Crippen LogP) is 3.82. The summed E-state index contributed by atoms with van der Waals surface area (Å²) >= 11 is 0. The Kier molecular flexibility index (Phi) is 5.21. The third-order valence-corrected chi connectivity index (χ3v) is 3.51. The monoisotopic (exact) mass is 296 g/mol. The van der Waals surface area contributed by atoms with Gasteiger partial charge in [-0.05, 0) is 38.3 Å². The molecular weight excluding hydrogens is 272 g/mol. The third kappa shape index (κ3) is 5.24. The molecule has 0 fully saturated rings. The number of amides is 2. The summed E-state index contributed by atoms with van der Waals surface area (Å²) in [5.74, 6) is 0. The highest BCUT2D eigenvalue weighted by Gasteiger charge is 2.20. The first-order chi connectivity index (χ1) is 10.4. The zero-order valence-corrected chi connectivity index (χ0v) is 13.5. The van der Waals surface area contributed by atoms with Gasteiger partial charge < -0.3 is 10.6 Å². The van der Waals surface area contributed by atoms with E-state index in [0.717, 1.165) is 12.0 Å². The van der Waals surface area contributed by atoms with Crippen LogP contribution in [0.15, 0.2) is 54.6 Å². The van der Waals surface area contributed by atoms with Gasteiger partial charge in [0.25, 0.3) is 0 Å². The predicted molar refractivity (Wildman–Crippen MR) is 90.8 cm³/mol. The van der Waals surface area contributed by atoms with E-state index in [0.29, 0.717) is 6.54 Å². The van der Waals surface area contributed by atoms with Gasteiger partial charge in [0, 0.05) is 12.1 Å². The Balaban J connectivity index is 1.85. The summed E-state index contributed by atoms with van der Waals surface area (Å²) in [5.41, 5.74) is 3.26. The van der Waals surface area contributed by atoms with Crippen LogP contribution in [0, 0.1) is 6.92 Å². The summed E-state index contributed by atoms with van der Waals surface area (Å²) in [4.78, 5) is 12.1. The van der Waals surface area contributed by atoms with Crippen LogP contribution in [0.2, 0.25) is 0 Å². The van der Waals surface area contributed by atoms with E-state index in [4.69, 9.17) is 0 Å². The second-order valence-corrected chi connectivity index (χ2v) is 6.34. The van der Waals surface area contributed by atoms with E-state index >= 15 is 0 Å². The average molecular weight is 296 g/mol. The molecule has 0 saturated heterocycles. The molecule has 0 aliphatic carbocycles. The molecule has 22 heavy (non-hydrogen) atoms. The van der Waals surface area contributed by atoms with Crippen LogP contribution in [-0.2, 0) is 13.0 Å². The quantitative estimate of drug-likeness (QED) is 0.865. The van der Waals surface area contributed by atoms with Gasteiger partial charge >= 0.3 is 6.03 Å². The van der Waals surface area contributed by atoms with Crippen molar-refractivity contribution in [1.29, 1.82) is 0 Å². The van der Waals surface area contributed by atoms with Gasteiger partial charge in [-0.15, -0.1) is 0 Å². The van der Waals surface area contributed by atoms with Crippen molar-refractivity contribution in [3.8, 4) is 0 Å². The topological polar surface area (TPSA) is 41.1 Å². The molecule has 0 unspecified atom stereocenters. The number of carbonyl (C=O) groups is 1. The van der Waals surface area contributed by atoms with Gasteiger partial charge in [-0.3, -0.25) is 0 Å². The van der Waals surface area contributed by atoms with Gasteiger partial charge in [-0.2, -0.15) is 0 Å². The van der Waals surface area contributed by atoms with E-state index in [1.54, 1.807) is 0 Å². The number of hydrogen-bond acceptors (Lipinski definition) is 1. The molecule has 116 valence electrons. The van der Waals surface area contributed by atoms with E-state index in [9.17, 15) is 4.79 Å². The lowest BCUT2D eigenvalue weighted by molar-refractivity contribution is 0.229. The molecule has 3 nitrogen and oxygen atoms in total. The van der Waals surface area contributed by atoms with Crippen LogP contribution in [0.1, 0.15) is 30.5 Å². The van der Waals surface area contributed by atoms with E-state index < -0.39 is 0 Å². The molecule has 0 aromatic heterocycles. The Morgan fingerprint density at radius 2 is 1.59 bits per heavy atom. The Morgan fingerprint density at radius 3 is 2.23 bits per heavy atom. The Labute approximate surface area is 132 Å². The van der Waals surface area contributed by atoms with Crippen LogP contribution in [0.4, 0.5) is 4.79 Å². The molecule has 2 aromatic carbocycles. The SMILES string of the molecule is Cc1ccc(CC(C)(C)NC(=O)NCc2ccccc2)cc1. The van der Waals surface area contributed by atoms with Crippen LogP contribution in [0.25, 0.3) is 0 Å². The minimum absolute atomic E-state index is 0.138. The maximum atomic E-state index is 12.1. The van der Waals surface area contributed by atoms with Crippen molar-refractivity contribution in [2.75, 3.05) is 0 Å². The Hall–Kier alpha value is -2.29. The number of hydrogen-bond donors (Lipinski definition) is 2. The summed E-state index contributed by atoms with van der Waals surface area (Å²) in [7, 11) is 0. The fourth-order valence-electron chi connectivity index (χ4n) is 2.39. The molecule has 0 aliphatic rings. The molecule has 2 rings (SSSR count). The van der Waals surface area contributed by atoms with Crippen LogP contribution < -0.4 is 10.6 Å². The van der Waals surface area contributed by atoms with Crippen molar-refractivity contribution >= 4 is 6.03 Å². The second-order valence-electron chi connectivity index (χ2n) is 6.34. The van der Waals surface area contributed by atoms with E-state index in [1.807, 2.05) is 44.2 Å². The normalized spacial score (nSPS) is 11.0. The summed E-state index contributed by atoms with van der Waals surface area (Å²) in [6.07, 6.45) is 0.798. The first-order valence-corrected chi connectivity index (χ1v) is 7.60. The second kappa shape index (κ2) is 7.12. The Bertz CT molecular complexity index is 603. The lowest BCUT2D eigenvalue weighted by Gasteiger charge is -2.26. The minimum Gasteiger partial charge on any atom is -0.334 e. The average Bonchev–Trinajstić information content (AvgIpc) is 2.48. The zero-order chi connectivity index (χ0) is 16.0. The van der Waals surface area contributed by atoms with Gasteiger partial charge in [0.05, 0.1) is 0 Å². The van der Waals surface area contributed by atoms with E-state index in [-0.39, 0.29) is 11.6 Å². The molecule has 0 saturated carbocycles. The van der Waals surface area contributed by atoms with Crippen molar-refractivity contribution < 1.29 is 4.79 Å². The summed E-state index contributed by atoms with van der Waals surface area (Å²) in [6.45, 7) is 6.68. The largest absolute Gasteiger partial charge is 0.334 e. The molecule has 0 spiro atoms. The van der Waals surface area contributed by atoms with Gasteiger partial charge in [0.1, 0.15) is 0 Å². The molecule has 0 bridgehead atoms. The fraction of sp³-hybridized carbons (Fsp3) is 0.316. The van der Waals surface area contributed by atoms with Crippen LogP contribution in [-0.4, -0.2) is 11.6 Å². The van der Waals surface area contributed by atoms with Gasteiger partial charge in [0.15, 0.2) is 0 Å². The number of carbonyl (C=O) groups excluding carboxylic acids is 1. The van der Waals surface area contributed by atoms with Crippen molar-refractivity contribution in [2.24, 2.45) is 0 Å². The molecule has 3 heteroatoms. The minimum atomic E-state index is -0.296. The molecule has 0 aliphatic heterocycles. The smallest absolute Gasteiger partial charge is 0.315 e. The maximum absolute atomic E-state index is 12.1. The molecule has 0 atom stereocenters. The lowest BCUT2D eigenvalue weighted by Crippen LogP contribution is -2.49. The highest BCUT2D eigenvalue weighted by atomic mass is 16.2. The maximum Gasteiger partial charge on any atom is 0.315 e.